The molecule has 3 atom stereocenters. The molecule has 20 heavy (non-hydrogen) atoms. The number of hydrogen-bond acceptors (Lipinski definition) is 3. The molecule has 0 N–H and O–H groups in total. The number of para-hydroxylation sites is 1. The number of carbonyl (C=O) groups is 1. The lowest BCUT2D eigenvalue weighted by Gasteiger charge is -2.34. The van der Waals surface area contributed by atoms with Crippen molar-refractivity contribution in [2.24, 2.45) is 5.92 Å². The Kier molecular flexibility index (Phi) is 3.92. The SMILES string of the molecule is C[C@H]1C[C@@H]2CCN(C(=O)COc3ccccc3)C[C@H]2O1. The zero-order chi connectivity index (χ0) is 13.9. The molecule has 0 bridgehead atoms. The molecule has 0 aliphatic carbocycles. The van der Waals surface area contributed by atoms with E-state index >= 15 is 0 Å². The van der Waals surface area contributed by atoms with E-state index in [0.717, 1.165) is 25.1 Å². The number of piperidine rings is 1. The van der Waals surface area contributed by atoms with Crippen LogP contribution in [0, 0.1) is 5.92 Å². The van der Waals surface area contributed by atoms with Crippen LogP contribution in [0.2, 0.25) is 0 Å². The molecule has 2 saturated heterocycles. The van der Waals surface area contributed by atoms with Gasteiger partial charge in [-0.15, -0.1) is 0 Å². The number of benzene rings is 1. The predicted octanol–water partition coefficient (Wildman–Crippen LogP) is 2.09. The topological polar surface area (TPSA) is 38.8 Å². The molecule has 0 unspecified atom stereocenters. The number of ether oxygens (including phenoxy) is 2. The zero-order valence-electron chi connectivity index (χ0n) is 11.8. The van der Waals surface area contributed by atoms with Crippen molar-refractivity contribution in [3.8, 4) is 5.75 Å². The van der Waals surface area contributed by atoms with Gasteiger partial charge in [-0.25, -0.2) is 0 Å². The van der Waals surface area contributed by atoms with Gasteiger partial charge in [0.2, 0.25) is 0 Å². The quantitative estimate of drug-likeness (QED) is 0.848. The smallest absolute Gasteiger partial charge is 0.260 e. The van der Waals surface area contributed by atoms with Crippen molar-refractivity contribution in [1.82, 2.24) is 4.90 Å². The van der Waals surface area contributed by atoms with Gasteiger partial charge in [0.25, 0.3) is 5.91 Å². The molecule has 108 valence electrons. The molecule has 2 heterocycles. The molecule has 0 aromatic heterocycles. The monoisotopic (exact) mass is 275 g/mol. The Bertz CT molecular complexity index is 462. The van der Waals surface area contributed by atoms with Gasteiger partial charge in [0.05, 0.1) is 12.2 Å². The van der Waals surface area contributed by atoms with Gasteiger partial charge < -0.3 is 14.4 Å². The van der Waals surface area contributed by atoms with Gasteiger partial charge in [0, 0.05) is 13.1 Å². The second-order valence-corrected chi connectivity index (χ2v) is 5.71. The lowest BCUT2D eigenvalue weighted by atomic mass is 9.92. The number of amides is 1. The Morgan fingerprint density at radius 1 is 1.40 bits per heavy atom. The minimum absolute atomic E-state index is 0.0513. The van der Waals surface area contributed by atoms with Gasteiger partial charge >= 0.3 is 0 Å². The summed E-state index contributed by atoms with van der Waals surface area (Å²) in [6, 6.07) is 9.46. The van der Waals surface area contributed by atoms with Gasteiger partial charge in [-0.2, -0.15) is 0 Å². The van der Waals surface area contributed by atoms with Crippen molar-refractivity contribution in [3.05, 3.63) is 30.3 Å². The van der Waals surface area contributed by atoms with E-state index in [0.29, 0.717) is 18.6 Å². The van der Waals surface area contributed by atoms with E-state index in [2.05, 4.69) is 6.92 Å². The van der Waals surface area contributed by atoms with Crippen molar-refractivity contribution in [2.75, 3.05) is 19.7 Å². The van der Waals surface area contributed by atoms with E-state index in [1.807, 2.05) is 35.2 Å². The maximum atomic E-state index is 12.2. The average molecular weight is 275 g/mol. The van der Waals surface area contributed by atoms with E-state index in [1.54, 1.807) is 0 Å². The van der Waals surface area contributed by atoms with Crippen LogP contribution in [-0.4, -0.2) is 42.7 Å². The molecule has 1 amide bonds. The van der Waals surface area contributed by atoms with Crippen LogP contribution in [0.5, 0.6) is 5.75 Å². The van der Waals surface area contributed by atoms with E-state index in [1.165, 1.54) is 0 Å². The fourth-order valence-electron chi connectivity index (χ4n) is 3.15. The lowest BCUT2D eigenvalue weighted by molar-refractivity contribution is -0.137. The largest absolute Gasteiger partial charge is 0.484 e. The van der Waals surface area contributed by atoms with Crippen LogP contribution in [0.3, 0.4) is 0 Å². The molecule has 0 radical (unpaired) electrons. The molecule has 2 aliphatic heterocycles. The Labute approximate surface area is 119 Å². The van der Waals surface area contributed by atoms with Gasteiger partial charge in [0.15, 0.2) is 6.61 Å². The molecule has 4 nitrogen and oxygen atoms in total. The second-order valence-electron chi connectivity index (χ2n) is 5.71. The summed E-state index contributed by atoms with van der Waals surface area (Å²) in [5.41, 5.74) is 0. The number of fused-ring (bicyclic) bond motifs is 1. The van der Waals surface area contributed by atoms with Crippen LogP contribution in [0.1, 0.15) is 19.8 Å². The van der Waals surface area contributed by atoms with E-state index in [-0.39, 0.29) is 18.6 Å². The normalized spacial score (nSPS) is 29.1. The van der Waals surface area contributed by atoms with Crippen LogP contribution in [0.4, 0.5) is 0 Å². The Hall–Kier alpha value is -1.55. The van der Waals surface area contributed by atoms with Crippen LogP contribution in [0.15, 0.2) is 30.3 Å². The van der Waals surface area contributed by atoms with E-state index < -0.39 is 0 Å². The third-order valence-corrected chi connectivity index (χ3v) is 4.20. The highest BCUT2D eigenvalue weighted by molar-refractivity contribution is 5.78. The van der Waals surface area contributed by atoms with Crippen LogP contribution in [-0.2, 0) is 9.53 Å². The van der Waals surface area contributed by atoms with Crippen molar-refractivity contribution in [2.45, 2.75) is 32.0 Å². The maximum Gasteiger partial charge on any atom is 0.260 e. The first-order valence-electron chi connectivity index (χ1n) is 7.33. The van der Waals surface area contributed by atoms with Crippen LogP contribution >= 0.6 is 0 Å². The highest BCUT2D eigenvalue weighted by Crippen LogP contribution is 2.32. The number of likely N-dealkylation sites (tertiary alicyclic amines) is 1. The summed E-state index contributed by atoms with van der Waals surface area (Å²) in [7, 11) is 0. The molecular formula is C16H21NO3. The molecule has 0 saturated carbocycles. The Morgan fingerprint density at radius 3 is 3.00 bits per heavy atom. The summed E-state index contributed by atoms with van der Waals surface area (Å²) >= 11 is 0. The molecule has 3 rings (SSSR count). The molecule has 2 fully saturated rings. The minimum Gasteiger partial charge on any atom is -0.484 e. The predicted molar refractivity (Wildman–Crippen MR) is 75.6 cm³/mol. The molecule has 0 spiro atoms. The fraction of sp³-hybridized carbons (Fsp3) is 0.562. The van der Waals surface area contributed by atoms with Crippen molar-refractivity contribution >= 4 is 5.91 Å². The highest BCUT2D eigenvalue weighted by Gasteiger charge is 2.38. The van der Waals surface area contributed by atoms with E-state index in [4.69, 9.17) is 9.47 Å². The standard InChI is InChI=1S/C16H21NO3/c1-12-9-13-7-8-17(10-15(13)20-12)16(18)11-19-14-5-3-2-4-6-14/h2-6,12-13,15H,7-11H2,1H3/t12-,13-,15+/m0/s1. The average Bonchev–Trinajstić information content (AvgIpc) is 2.85. The van der Waals surface area contributed by atoms with Gasteiger partial charge in [-0.05, 0) is 37.8 Å². The molecule has 4 heteroatoms. The number of hydrogen-bond donors (Lipinski definition) is 0. The Morgan fingerprint density at radius 2 is 2.20 bits per heavy atom. The first-order chi connectivity index (χ1) is 9.72. The molecular weight excluding hydrogens is 254 g/mol. The first kappa shape index (κ1) is 13.4. The summed E-state index contributed by atoms with van der Waals surface area (Å²) in [6.45, 7) is 3.76. The van der Waals surface area contributed by atoms with Crippen molar-refractivity contribution in [3.63, 3.8) is 0 Å². The van der Waals surface area contributed by atoms with Crippen LogP contribution in [0.25, 0.3) is 0 Å². The summed E-state index contributed by atoms with van der Waals surface area (Å²) in [6.07, 6.45) is 2.74. The summed E-state index contributed by atoms with van der Waals surface area (Å²) in [5, 5.41) is 0. The highest BCUT2D eigenvalue weighted by atomic mass is 16.5. The third-order valence-electron chi connectivity index (χ3n) is 4.20. The van der Waals surface area contributed by atoms with E-state index in [9.17, 15) is 4.79 Å². The van der Waals surface area contributed by atoms with Gasteiger partial charge in [-0.3, -0.25) is 4.79 Å². The Balaban J connectivity index is 1.51. The number of nitrogens with zero attached hydrogens (tertiary/aromatic N) is 1. The zero-order valence-corrected chi connectivity index (χ0v) is 11.8. The summed E-state index contributed by atoms with van der Waals surface area (Å²) in [4.78, 5) is 14.1. The fourth-order valence-corrected chi connectivity index (χ4v) is 3.15. The summed E-state index contributed by atoms with van der Waals surface area (Å²) in [5.74, 6) is 1.42. The molecule has 1 aromatic rings. The minimum atomic E-state index is 0.0513. The van der Waals surface area contributed by atoms with Crippen LogP contribution < -0.4 is 4.74 Å². The number of rotatable bonds is 3. The van der Waals surface area contributed by atoms with Gasteiger partial charge in [0.1, 0.15) is 5.75 Å². The molecule has 2 aliphatic rings. The lowest BCUT2D eigenvalue weighted by Crippen LogP contribution is -2.47. The second kappa shape index (κ2) is 5.83. The maximum absolute atomic E-state index is 12.2. The van der Waals surface area contributed by atoms with Gasteiger partial charge in [-0.1, -0.05) is 18.2 Å². The summed E-state index contributed by atoms with van der Waals surface area (Å²) < 4.78 is 11.4. The molecule has 1 aromatic carbocycles. The van der Waals surface area contributed by atoms with Crippen molar-refractivity contribution < 1.29 is 14.3 Å². The first-order valence-corrected chi connectivity index (χ1v) is 7.33. The number of carbonyl (C=O) groups excluding carboxylic acids is 1. The third kappa shape index (κ3) is 2.96. The van der Waals surface area contributed by atoms with Crippen molar-refractivity contribution in [1.29, 1.82) is 0 Å².